The Kier molecular flexibility index (Phi) is 3.84. The van der Waals surface area contributed by atoms with Crippen molar-refractivity contribution in [1.29, 1.82) is 0 Å². The summed E-state index contributed by atoms with van der Waals surface area (Å²) in [6, 6.07) is 7.77. The van der Waals surface area contributed by atoms with Crippen LogP contribution in [-0.4, -0.2) is 24.2 Å². The first kappa shape index (κ1) is 12.9. The number of benzene rings is 1. The summed E-state index contributed by atoms with van der Waals surface area (Å²) in [7, 11) is 3.58. The molecule has 0 aliphatic carbocycles. The molecule has 0 spiro atoms. The number of ether oxygens (including phenoxy) is 1. The molecule has 18 heavy (non-hydrogen) atoms. The lowest BCUT2D eigenvalue weighted by Crippen LogP contribution is -2.10. The van der Waals surface area contributed by atoms with Gasteiger partial charge < -0.3 is 14.7 Å². The Morgan fingerprint density at radius 3 is 2.72 bits per heavy atom. The molecule has 0 fully saturated rings. The SMILES string of the molecule is COc1ccccc1N(C)c1nc(C(C)O)cs1. The van der Waals surface area contributed by atoms with E-state index in [2.05, 4.69) is 4.98 Å². The van der Waals surface area contributed by atoms with Crippen molar-refractivity contribution in [2.45, 2.75) is 13.0 Å². The number of anilines is 2. The number of aliphatic hydroxyl groups is 1. The molecule has 1 N–H and O–H groups in total. The highest BCUT2D eigenvalue weighted by Crippen LogP contribution is 2.34. The van der Waals surface area contributed by atoms with E-state index in [9.17, 15) is 5.11 Å². The van der Waals surface area contributed by atoms with Crippen molar-refractivity contribution >= 4 is 22.2 Å². The zero-order valence-corrected chi connectivity index (χ0v) is 11.4. The van der Waals surface area contributed by atoms with Crippen LogP contribution in [0.4, 0.5) is 10.8 Å². The number of hydrogen-bond acceptors (Lipinski definition) is 5. The summed E-state index contributed by atoms with van der Waals surface area (Å²) in [6.45, 7) is 1.71. The molecule has 0 saturated carbocycles. The fourth-order valence-electron chi connectivity index (χ4n) is 1.63. The zero-order chi connectivity index (χ0) is 13.1. The van der Waals surface area contributed by atoms with E-state index in [1.54, 1.807) is 14.0 Å². The molecule has 0 radical (unpaired) electrons. The third-order valence-electron chi connectivity index (χ3n) is 2.67. The fraction of sp³-hybridized carbons (Fsp3) is 0.308. The van der Waals surface area contributed by atoms with Crippen LogP contribution in [0.2, 0.25) is 0 Å². The molecule has 4 nitrogen and oxygen atoms in total. The fourth-order valence-corrected chi connectivity index (χ4v) is 2.52. The van der Waals surface area contributed by atoms with Gasteiger partial charge in [0, 0.05) is 12.4 Å². The minimum Gasteiger partial charge on any atom is -0.495 e. The Morgan fingerprint density at radius 2 is 2.11 bits per heavy atom. The predicted octanol–water partition coefficient (Wildman–Crippen LogP) is 2.97. The van der Waals surface area contributed by atoms with Gasteiger partial charge in [-0.3, -0.25) is 0 Å². The summed E-state index contributed by atoms with van der Waals surface area (Å²) < 4.78 is 5.33. The lowest BCUT2D eigenvalue weighted by Gasteiger charge is -2.18. The first-order valence-electron chi connectivity index (χ1n) is 5.63. The summed E-state index contributed by atoms with van der Waals surface area (Å²) in [4.78, 5) is 6.35. The van der Waals surface area contributed by atoms with Crippen LogP contribution in [0.3, 0.4) is 0 Å². The van der Waals surface area contributed by atoms with E-state index in [-0.39, 0.29) is 0 Å². The van der Waals surface area contributed by atoms with Gasteiger partial charge in [-0.25, -0.2) is 4.98 Å². The van der Waals surface area contributed by atoms with Crippen molar-refractivity contribution in [2.24, 2.45) is 0 Å². The third kappa shape index (κ3) is 2.47. The number of methoxy groups -OCH3 is 1. The van der Waals surface area contributed by atoms with Gasteiger partial charge in [-0.2, -0.15) is 0 Å². The molecule has 1 aromatic carbocycles. The predicted molar refractivity (Wildman–Crippen MR) is 73.8 cm³/mol. The molecule has 96 valence electrons. The number of thiazole rings is 1. The minimum absolute atomic E-state index is 0.541. The van der Waals surface area contributed by atoms with Crippen LogP contribution in [-0.2, 0) is 0 Å². The number of aliphatic hydroxyl groups excluding tert-OH is 1. The number of hydrogen-bond donors (Lipinski definition) is 1. The van der Waals surface area contributed by atoms with E-state index in [4.69, 9.17) is 4.74 Å². The molecule has 2 aromatic rings. The first-order chi connectivity index (χ1) is 8.63. The number of nitrogens with zero attached hydrogens (tertiary/aromatic N) is 2. The molecule has 0 saturated heterocycles. The van der Waals surface area contributed by atoms with E-state index < -0.39 is 6.10 Å². The highest BCUT2D eigenvalue weighted by atomic mass is 32.1. The lowest BCUT2D eigenvalue weighted by atomic mass is 10.3. The normalized spacial score (nSPS) is 12.2. The van der Waals surface area contributed by atoms with E-state index in [0.29, 0.717) is 5.69 Å². The standard InChI is InChI=1S/C13H16N2O2S/c1-9(16)10-8-18-13(14-10)15(2)11-6-4-5-7-12(11)17-3/h4-9,16H,1-3H3. The maximum absolute atomic E-state index is 9.49. The van der Waals surface area contributed by atoms with E-state index >= 15 is 0 Å². The van der Waals surface area contributed by atoms with Crippen molar-refractivity contribution in [1.82, 2.24) is 4.98 Å². The smallest absolute Gasteiger partial charge is 0.189 e. The van der Waals surface area contributed by atoms with Gasteiger partial charge in [0.2, 0.25) is 0 Å². The second-order valence-corrected chi connectivity index (χ2v) is 4.80. The maximum Gasteiger partial charge on any atom is 0.189 e. The highest BCUT2D eigenvalue weighted by molar-refractivity contribution is 7.13. The van der Waals surface area contributed by atoms with Crippen LogP contribution < -0.4 is 9.64 Å². The van der Waals surface area contributed by atoms with Crippen molar-refractivity contribution in [2.75, 3.05) is 19.1 Å². The largest absolute Gasteiger partial charge is 0.495 e. The van der Waals surface area contributed by atoms with Gasteiger partial charge in [0.15, 0.2) is 5.13 Å². The Labute approximate surface area is 110 Å². The quantitative estimate of drug-likeness (QED) is 0.922. The van der Waals surface area contributed by atoms with E-state index in [0.717, 1.165) is 16.6 Å². The summed E-state index contributed by atoms with van der Waals surface area (Å²) >= 11 is 1.50. The van der Waals surface area contributed by atoms with Crippen LogP contribution in [0.5, 0.6) is 5.75 Å². The molecular weight excluding hydrogens is 248 g/mol. The Balaban J connectivity index is 2.32. The molecule has 1 aromatic heterocycles. The zero-order valence-electron chi connectivity index (χ0n) is 10.6. The summed E-state index contributed by atoms with van der Waals surface area (Å²) in [5, 5.41) is 12.2. The van der Waals surface area contributed by atoms with Crippen molar-refractivity contribution < 1.29 is 9.84 Å². The molecule has 0 aliphatic rings. The van der Waals surface area contributed by atoms with Crippen molar-refractivity contribution in [3.8, 4) is 5.75 Å². The Bertz CT molecular complexity index is 525. The van der Waals surface area contributed by atoms with Crippen molar-refractivity contribution in [3.63, 3.8) is 0 Å². The Hall–Kier alpha value is -1.59. The van der Waals surface area contributed by atoms with Gasteiger partial charge in [-0.15, -0.1) is 11.3 Å². The number of aromatic nitrogens is 1. The van der Waals surface area contributed by atoms with Crippen LogP contribution in [0.15, 0.2) is 29.6 Å². The molecule has 0 aliphatic heterocycles. The average molecular weight is 264 g/mol. The molecule has 0 bridgehead atoms. The molecule has 5 heteroatoms. The highest BCUT2D eigenvalue weighted by Gasteiger charge is 2.14. The van der Waals surface area contributed by atoms with Crippen LogP contribution in [0.25, 0.3) is 0 Å². The van der Waals surface area contributed by atoms with Gasteiger partial charge in [0.1, 0.15) is 5.75 Å². The van der Waals surface area contributed by atoms with Gasteiger partial charge in [0.25, 0.3) is 0 Å². The van der Waals surface area contributed by atoms with Gasteiger partial charge in [-0.05, 0) is 19.1 Å². The van der Waals surface area contributed by atoms with E-state index in [1.165, 1.54) is 11.3 Å². The molecule has 1 heterocycles. The topological polar surface area (TPSA) is 45.6 Å². The first-order valence-corrected chi connectivity index (χ1v) is 6.51. The maximum atomic E-state index is 9.49. The van der Waals surface area contributed by atoms with Crippen molar-refractivity contribution in [3.05, 3.63) is 35.3 Å². The molecule has 0 amide bonds. The van der Waals surface area contributed by atoms with Gasteiger partial charge in [-0.1, -0.05) is 12.1 Å². The van der Waals surface area contributed by atoms with Crippen LogP contribution in [0, 0.1) is 0 Å². The molecule has 2 rings (SSSR count). The van der Waals surface area contributed by atoms with Gasteiger partial charge >= 0.3 is 0 Å². The summed E-state index contributed by atoms with van der Waals surface area (Å²) in [5.74, 6) is 0.800. The number of rotatable bonds is 4. The molecular formula is C13H16N2O2S. The van der Waals surface area contributed by atoms with E-state index in [1.807, 2.05) is 41.6 Å². The lowest BCUT2D eigenvalue weighted by molar-refractivity contribution is 0.195. The molecule has 1 atom stereocenters. The molecule has 1 unspecified atom stereocenters. The summed E-state index contributed by atoms with van der Waals surface area (Å²) in [5.41, 5.74) is 1.64. The average Bonchev–Trinajstić information content (AvgIpc) is 2.87. The number of para-hydroxylation sites is 2. The minimum atomic E-state index is -0.541. The van der Waals surface area contributed by atoms with Gasteiger partial charge in [0.05, 0.1) is 24.6 Å². The second kappa shape index (κ2) is 5.37. The Morgan fingerprint density at radius 1 is 1.39 bits per heavy atom. The monoisotopic (exact) mass is 264 g/mol. The third-order valence-corrected chi connectivity index (χ3v) is 3.61. The van der Waals surface area contributed by atoms with Crippen LogP contribution in [0.1, 0.15) is 18.7 Å². The second-order valence-electron chi connectivity index (χ2n) is 3.96. The summed E-state index contributed by atoms with van der Waals surface area (Å²) in [6.07, 6.45) is -0.541. The van der Waals surface area contributed by atoms with Crippen LogP contribution >= 0.6 is 11.3 Å².